The number of ether oxygens (including phenoxy) is 1. The second-order valence-corrected chi connectivity index (χ2v) is 2.71. The van der Waals surface area contributed by atoms with E-state index in [9.17, 15) is 0 Å². The molecule has 0 aliphatic carbocycles. The van der Waals surface area contributed by atoms with Crippen LogP contribution in [0.3, 0.4) is 0 Å². The minimum Gasteiger partial charge on any atom is -0.371 e. The lowest BCUT2D eigenvalue weighted by molar-refractivity contribution is 0.0554. The van der Waals surface area contributed by atoms with Crippen molar-refractivity contribution >= 4 is 0 Å². The molecule has 60 valence electrons. The standard InChI is InChI=1S/C7H12O.C2H6/c1-6-4-5-8-7(6,2)3;1-2/h1,4-5H2,2-3H3;1-2H3. The molecule has 1 saturated heterocycles. The van der Waals surface area contributed by atoms with Crippen molar-refractivity contribution in [2.45, 2.75) is 39.7 Å². The van der Waals surface area contributed by atoms with Crippen molar-refractivity contribution in [3.8, 4) is 0 Å². The molecule has 10 heavy (non-hydrogen) atoms. The van der Waals surface area contributed by atoms with Gasteiger partial charge in [0.15, 0.2) is 0 Å². The zero-order valence-corrected chi connectivity index (χ0v) is 7.53. The Bertz CT molecular complexity index is 114. The molecule has 1 fully saturated rings. The molecular weight excluding hydrogens is 124 g/mol. The van der Waals surface area contributed by atoms with E-state index in [4.69, 9.17) is 4.74 Å². The van der Waals surface area contributed by atoms with Crippen LogP contribution in [0.2, 0.25) is 0 Å². The molecule has 0 bridgehead atoms. The van der Waals surface area contributed by atoms with E-state index in [2.05, 4.69) is 20.4 Å². The molecule has 1 aliphatic rings. The lowest BCUT2D eigenvalue weighted by Crippen LogP contribution is -2.18. The Labute approximate surface area is 64.1 Å². The summed E-state index contributed by atoms with van der Waals surface area (Å²) >= 11 is 0. The van der Waals surface area contributed by atoms with Gasteiger partial charge in [-0.3, -0.25) is 0 Å². The smallest absolute Gasteiger partial charge is 0.0833 e. The Morgan fingerprint density at radius 3 is 2.00 bits per heavy atom. The third kappa shape index (κ3) is 2.14. The number of hydrogen-bond acceptors (Lipinski definition) is 1. The van der Waals surface area contributed by atoms with Gasteiger partial charge in [0.2, 0.25) is 0 Å². The fourth-order valence-corrected chi connectivity index (χ4v) is 0.832. The average Bonchev–Trinajstić information content (AvgIpc) is 2.17. The minimum atomic E-state index is -0.0417. The van der Waals surface area contributed by atoms with Crippen LogP contribution >= 0.6 is 0 Å². The first kappa shape index (κ1) is 9.70. The van der Waals surface area contributed by atoms with Gasteiger partial charge in [-0.1, -0.05) is 20.4 Å². The second kappa shape index (κ2) is 3.77. The van der Waals surface area contributed by atoms with E-state index in [-0.39, 0.29) is 5.60 Å². The van der Waals surface area contributed by atoms with Gasteiger partial charge in [-0.15, -0.1) is 0 Å². The summed E-state index contributed by atoms with van der Waals surface area (Å²) in [7, 11) is 0. The van der Waals surface area contributed by atoms with Gasteiger partial charge in [-0.05, 0) is 25.8 Å². The summed E-state index contributed by atoms with van der Waals surface area (Å²) in [5, 5.41) is 0. The first-order chi connectivity index (χ1) is 4.63. The van der Waals surface area contributed by atoms with E-state index in [1.54, 1.807) is 0 Å². The van der Waals surface area contributed by atoms with Gasteiger partial charge >= 0.3 is 0 Å². The van der Waals surface area contributed by atoms with Crippen LogP contribution in [0.1, 0.15) is 34.1 Å². The Morgan fingerprint density at radius 2 is 1.90 bits per heavy atom. The van der Waals surface area contributed by atoms with E-state index >= 15 is 0 Å². The predicted molar refractivity (Wildman–Crippen MR) is 45.1 cm³/mol. The fraction of sp³-hybridized carbons (Fsp3) is 0.778. The summed E-state index contributed by atoms with van der Waals surface area (Å²) in [5.74, 6) is 0. The van der Waals surface area contributed by atoms with Crippen LogP contribution in [0, 0.1) is 0 Å². The predicted octanol–water partition coefficient (Wildman–Crippen LogP) is 2.77. The molecule has 1 aliphatic heterocycles. The minimum absolute atomic E-state index is 0.0417. The van der Waals surface area contributed by atoms with Crippen LogP contribution in [-0.2, 0) is 4.74 Å². The summed E-state index contributed by atoms with van der Waals surface area (Å²) < 4.78 is 5.35. The first-order valence-corrected chi connectivity index (χ1v) is 3.95. The van der Waals surface area contributed by atoms with Crippen molar-refractivity contribution in [3.63, 3.8) is 0 Å². The third-order valence-electron chi connectivity index (χ3n) is 1.72. The molecular formula is C9H18O. The molecule has 0 radical (unpaired) electrons. The third-order valence-corrected chi connectivity index (χ3v) is 1.72. The van der Waals surface area contributed by atoms with Crippen LogP contribution in [0.15, 0.2) is 12.2 Å². The highest BCUT2D eigenvalue weighted by Gasteiger charge is 2.27. The van der Waals surface area contributed by atoms with E-state index in [1.165, 1.54) is 5.57 Å². The molecule has 0 saturated carbocycles. The zero-order chi connectivity index (χ0) is 8.20. The highest BCUT2D eigenvalue weighted by Crippen LogP contribution is 2.28. The maximum atomic E-state index is 5.35. The lowest BCUT2D eigenvalue weighted by atomic mass is 10.0. The summed E-state index contributed by atoms with van der Waals surface area (Å²) in [5.41, 5.74) is 1.18. The normalized spacial score (nSPS) is 21.8. The highest BCUT2D eigenvalue weighted by atomic mass is 16.5. The zero-order valence-electron chi connectivity index (χ0n) is 7.53. The Morgan fingerprint density at radius 1 is 1.40 bits per heavy atom. The van der Waals surface area contributed by atoms with Crippen molar-refractivity contribution in [2.75, 3.05) is 6.61 Å². The summed E-state index contributed by atoms with van der Waals surface area (Å²) in [6.07, 6.45) is 1.03. The van der Waals surface area contributed by atoms with Crippen LogP contribution in [0.25, 0.3) is 0 Å². The molecule has 1 heteroatoms. The molecule has 1 nitrogen and oxygen atoms in total. The summed E-state index contributed by atoms with van der Waals surface area (Å²) in [6, 6.07) is 0. The highest BCUT2D eigenvalue weighted by molar-refractivity contribution is 5.12. The maximum Gasteiger partial charge on any atom is 0.0833 e. The topological polar surface area (TPSA) is 9.23 Å². The van der Waals surface area contributed by atoms with Gasteiger partial charge in [0.25, 0.3) is 0 Å². The lowest BCUT2D eigenvalue weighted by Gasteiger charge is -2.17. The molecule has 1 rings (SSSR count). The van der Waals surface area contributed by atoms with Gasteiger partial charge < -0.3 is 4.74 Å². The molecule has 0 aromatic heterocycles. The van der Waals surface area contributed by atoms with Gasteiger partial charge in [-0.25, -0.2) is 0 Å². The average molecular weight is 142 g/mol. The van der Waals surface area contributed by atoms with E-state index in [0.717, 1.165) is 13.0 Å². The summed E-state index contributed by atoms with van der Waals surface area (Å²) in [6.45, 7) is 12.9. The Balaban J connectivity index is 0.000000371. The van der Waals surface area contributed by atoms with Crippen LogP contribution in [0.4, 0.5) is 0 Å². The van der Waals surface area contributed by atoms with Crippen molar-refractivity contribution < 1.29 is 4.74 Å². The number of rotatable bonds is 0. The molecule has 0 unspecified atom stereocenters. The Hall–Kier alpha value is -0.300. The monoisotopic (exact) mass is 142 g/mol. The molecule has 0 aromatic rings. The molecule has 1 heterocycles. The molecule has 0 aromatic carbocycles. The molecule has 0 atom stereocenters. The largest absolute Gasteiger partial charge is 0.371 e. The quantitative estimate of drug-likeness (QED) is 0.472. The van der Waals surface area contributed by atoms with Crippen molar-refractivity contribution in [1.82, 2.24) is 0 Å². The second-order valence-electron chi connectivity index (χ2n) is 2.71. The molecule has 0 N–H and O–H groups in total. The first-order valence-electron chi connectivity index (χ1n) is 3.95. The number of hydrogen-bond donors (Lipinski definition) is 0. The fourth-order valence-electron chi connectivity index (χ4n) is 0.832. The van der Waals surface area contributed by atoms with Crippen LogP contribution in [0.5, 0.6) is 0 Å². The van der Waals surface area contributed by atoms with Crippen molar-refractivity contribution in [1.29, 1.82) is 0 Å². The molecule has 0 spiro atoms. The van der Waals surface area contributed by atoms with E-state index < -0.39 is 0 Å². The van der Waals surface area contributed by atoms with Gasteiger partial charge in [0.05, 0.1) is 12.2 Å². The SMILES string of the molecule is C=C1CCOC1(C)C.CC. The van der Waals surface area contributed by atoms with Crippen LogP contribution in [-0.4, -0.2) is 12.2 Å². The molecule has 0 amide bonds. The van der Waals surface area contributed by atoms with Crippen molar-refractivity contribution in [2.24, 2.45) is 0 Å². The van der Waals surface area contributed by atoms with Crippen LogP contribution < -0.4 is 0 Å². The van der Waals surface area contributed by atoms with E-state index in [1.807, 2.05) is 13.8 Å². The Kier molecular flexibility index (Phi) is 3.66. The maximum absolute atomic E-state index is 5.35. The van der Waals surface area contributed by atoms with E-state index in [0.29, 0.717) is 0 Å². The van der Waals surface area contributed by atoms with Gasteiger partial charge in [-0.2, -0.15) is 0 Å². The van der Waals surface area contributed by atoms with Crippen molar-refractivity contribution in [3.05, 3.63) is 12.2 Å². The van der Waals surface area contributed by atoms with Gasteiger partial charge in [0, 0.05) is 0 Å². The summed E-state index contributed by atoms with van der Waals surface area (Å²) in [4.78, 5) is 0. The van der Waals surface area contributed by atoms with Gasteiger partial charge in [0.1, 0.15) is 0 Å².